The Morgan fingerprint density at radius 1 is 1.08 bits per heavy atom. The number of hydrogen-bond acceptors (Lipinski definition) is 4. The maximum atomic E-state index is 11.9. The first-order chi connectivity index (χ1) is 12.1. The van der Waals surface area contributed by atoms with Crippen molar-refractivity contribution in [2.24, 2.45) is 11.7 Å². The fourth-order valence-corrected chi connectivity index (χ4v) is 2.34. The number of nitrogens with one attached hydrogen (secondary N) is 2. The van der Waals surface area contributed by atoms with Crippen LogP contribution in [-0.2, 0) is 20.9 Å². The van der Waals surface area contributed by atoms with Crippen molar-refractivity contribution in [2.75, 3.05) is 11.9 Å². The average molecular weight is 362 g/mol. The topological polar surface area (TPSA) is 105 Å². The number of carbonyl (C=O) groups is 3. The van der Waals surface area contributed by atoms with Crippen LogP contribution >= 0.6 is 0 Å². The highest BCUT2D eigenvalue weighted by Gasteiger charge is 2.17. The molecule has 0 aliphatic heterocycles. The van der Waals surface area contributed by atoms with Gasteiger partial charge in [0.1, 0.15) is 0 Å². The molecule has 7 heteroatoms. The molecular weight excluding hydrogens is 332 g/mol. The van der Waals surface area contributed by atoms with Crippen molar-refractivity contribution in [1.82, 2.24) is 10.2 Å². The molecule has 0 aliphatic rings. The molecule has 0 heterocycles. The Morgan fingerprint density at radius 2 is 1.65 bits per heavy atom. The Morgan fingerprint density at radius 3 is 2.12 bits per heavy atom. The summed E-state index contributed by atoms with van der Waals surface area (Å²) >= 11 is 0. The zero-order valence-corrected chi connectivity index (χ0v) is 16.2. The van der Waals surface area contributed by atoms with Crippen molar-refractivity contribution >= 4 is 23.4 Å². The predicted octanol–water partition coefficient (Wildman–Crippen LogP) is 1.48. The van der Waals surface area contributed by atoms with Gasteiger partial charge in [-0.2, -0.15) is 0 Å². The number of hydrogen-bond donors (Lipinski definition) is 3. The number of nitrogens with two attached hydrogens (primary N) is 1. The molecule has 0 spiro atoms. The third kappa shape index (κ3) is 6.84. The van der Waals surface area contributed by atoms with Gasteiger partial charge in [0.15, 0.2) is 0 Å². The number of carbonyl (C=O) groups excluding carboxylic acids is 3. The van der Waals surface area contributed by atoms with Crippen LogP contribution in [0.25, 0.3) is 0 Å². The first-order valence-electron chi connectivity index (χ1n) is 8.81. The van der Waals surface area contributed by atoms with Gasteiger partial charge in [-0.3, -0.25) is 14.4 Å². The van der Waals surface area contributed by atoms with Crippen molar-refractivity contribution in [3.63, 3.8) is 0 Å². The second-order valence-electron chi connectivity index (χ2n) is 6.97. The number of nitrogens with zero attached hydrogens (tertiary/aromatic N) is 1. The van der Waals surface area contributed by atoms with Crippen LogP contribution < -0.4 is 16.4 Å². The Labute approximate surface area is 155 Å². The van der Waals surface area contributed by atoms with E-state index in [-0.39, 0.29) is 36.2 Å². The van der Waals surface area contributed by atoms with Crippen LogP contribution in [-0.4, -0.2) is 41.2 Å². The highest BCUT2D eigenvalue weighted by molar-refractivity contribution is 5.95. The molecule has 26 heavy (non-hydrogen) atoms. The summed E-state index contributed by atoms with van der Waals surface area (Å²) in [6.45, 7) is 9.56. The third-order valence-corrected chi connectivity index (χ3v) is 4.06. The Balaban J connectivity index is 2.55. The lowest BCUT2D eigenvalue weighted by molar-refractivity contribution is -0.131. The standard InChI is InChI=1S/C19H30N4O3/c1-12(2)18(20)19(26)21-10-17(25)22-16-8-6-15(7-9-16)11-23(13(3)4)14(5)24/h6-9,12-13,18H,10-11,20H2,1-5H3,(H,21,26)(H,22,25)/t18-/m0/s1. The number of anilines is 1. The molecule has 1 aromatic rings. The smallest absolute Gasteiger partial charge is 0.243 e. The Bertz CT molecular complexity index is 626. The summed E-state index contributed by atoms with van der Waals surface area (Å²) in [5, 5.41) is 5.24. The first kappa shape index (κ1) is 21.6. The monoisotopic (exact) mass is 362 g/mol. The molecule has 0 unspecified atom stereocenters. The maximum absolute atomic E-state index is 11.9. The summed E-state index contributed by atoms with van der Waals surface area (Å²) < 4.78 is 0. The molecule has 7 nitrogen and oxygen atoms in total. The second kappa shape index (κ2) is 9.91. The van der Waals surface area contributed by atoms with E-state index in [9.17, 15) is 14.4 Å². The average Bonchev–Trinajstić information content (AvgIpc) is 2.57. The first-order valence-corrected chi connectivity index (χ1v) is 8.81. The summed E-state index contributed by atoms with van der Waals surface area (Å²) in [7, 11) is 0. The quantitative estimate of drug-likeness (QED) is 0.651. The lowest BCUT2D eigenvalue weighted by Gasteiger charge is -2.25. The van der Waals surface area contributed by atoms with Crippen LogP contribution in [0, 0.1) is 5.92 Å². The lowest BCUT2D eigenvalue weighted by atomic mass is 10.1. The van der Waals surface area contributed by atoms with E-state index in [2.05, 4.69) is 10.6 Å². The zero-order valence-electron chi connectivity index (χ0n) is 16.2. The van der Waals surface area contributed by atoms with E-state index in [1.807, 2.05) is 39.8 Å². The van der Waals surface area contributed by atoms with E-state index in [0.29, 0.717) is 12.2 Å². The molecule has 0 aromatic heterocycles. The Kier molecular flexibility index (Phi) is 8.25. The van der Waals surface area contributed by atoms with Gasteiger partial charge in [0.05, 0.1) is 12.6 Å². The number of amides is 3. The molecule has 1 atom stereocenters. The number of rotatable bonds is 8. The summed E-state index contributed by atoms with van der Waals surface area (Å²) in [5.74, 6) is -0.642. The van der Waals surface area contributed by atoms with E-state index >= 15 is 0 Å². The van der Waals surface area contributed by atoms with Gasteiger partial charge in [0.25, 0.3) is 0 Å². The van der Waals surface area contributed by atoms with Crippen LogP contribution in [0.1, 0.15) is 40.2 Å². The summed E-state index contributed by atoms with van der Waals surface area (Å²) in [6.07, 6.45) is 0. The molecule has 0 radical (unpaired) electrons. The van der Waals surface area contributed by atoms with Gasteiger partial charge in [-0.25, -0.2) is 0 Å². The molecule has 1 aromatic carbocycles. The van der Waals surface area contributed by atoms with Gasteiger partial charge in [-0.1, -0.05) is 26.0 Å². The second-order valence-corrected chi connectivity index (χ2v) is 6.97. The predicted molar refractivity (Wildman–Crippen MR) is 102 cm³/mol. The van der Waals surface area contributed by atoms with Crippen molar-refractivity contribution in [2.45, 2.75) is 53.2 Å². The van der Waals surface area contributed by atoms with Crippen molar-refractivity contribution in [3.8, 4) is 0 Å². The fraction of sp³-hybridized carbons (Fsp3) is 0.526. The van der Waals surface area contributed by atoms with Gasteiger partial charge in [-0.15, -0.1) is 0 Å². The molecule has 1 rings (SSSR count). The van der Waals surface area contributed by atoms with Crippen LogP contribution in [0.15, 0.2) is 24.3 Å². The van der Waals surface area contributed by atoms with E-state index < -0.39 is 6.04 Å². The van der Waals surface area contributed by atoms with Crippen LogP contribution in [0.2, 0.25) is 0 Å². The van der Waals surface area contributed by atoms with Gasteiger partial charge in [0, 0.05) is 25.2 Å². The minimum Gasteiger partial charge on any atom is -0.346 e. The third-order valence-electron chi connectivity index (χ3n) is 4.06. The molecule has 3 amide bonds. The van der Waals surface area contributed by atoms with Gasteiger partial charge in [0.2, 0.25) is 17.7 Å². The zero-order chi connectivity index (χ0) is 19.9. The van der Waals surface area contributed by atoms with Gasteiger partial charge >= 0.3 is 0 Å². The summed E-state index contributed by atoms with van der Waals surface area (Å²) in [4.78, 5) is 37.1. The van der Waals surface area contributed by atoms with Crippen LogP contribution in [0.4, 0.5) is 5.69 Å². The molecule has 0 fully saturated rings. The van der Waals surface area contributed by atoms with E-state index in [4.69, 9.17) is 5.73 Å². The van der Waals surface area contributed by atoms with E-state index in [1.54, 1.807) is 24.0 Å². The molecule has 0 aliphatic carbocycles. The highest BCUT2D eigenvalue weighted by Crippen LogP contribution is 2.13. The van der Waals surface area contributed by atoms with E-state index in [1.165, 1.54) is 0 Å². The summed E-state index contributed by atoms with van der Waals surface area (Å²) in [5.41, 5.74) is 7.33. The van der Waals surface area contributed by atoms with Crippen molar-refractivity contribution in [1.29, 1.82) is 0 Å². The Hall–Kier alpha value is -2.41. The van der Waals surface area contributed by atoms with Gasteiger partial charge < -0.3 is 21.3 Å². The molecule has 0 bridgehead atoms. The highest BCUT2D eigenvalue weighted by atomic mass is 16.2. The van der Waals surface area contributed by atoms with Crippen molar-refractivity contribution < 1.29 is 14.4 Å². The summed E-state index contributed by atoms with van der Waals surface area (Å²) in [6, 6.07) is 6.75. The van der Waals surface area contributed by atoms with Crippen LogP contribution in [0.3, 0.4) is 0 Å². The van der Waals surface area contributed by atoms with Gasteiger partial charge in [-0.05, 0) is 37.5 Å². The van der Waals surface area contributed by atoms with Crippen molar-refractivity contribution in [3.05, 3.63) is 29.8 Å². The molecular formula is C19H30N4O3. The maximum Gasteiger partial charge on any atom is 0.243 e. The van der Waals surface area contributed by atoms with Crippen LogP contribution in [0.5, 0.6) is 0 Å². The minimum absolute atomic E-state index is 0.00557. The minimum atomic E-state index is -0.632. The lowest BCUT2D eigenvalue weighted by Crippen LogP contribution is -2.46. The largest absolute Gasteiger partial charge is 0.346 e. The number of benzene rings is 1. The van der Waals surface area contributed by atoms with E-state index in [0.717, 1.165) is 5.56 Å². The molecule has 144 valence electrons. The SMILES string of the molecule is CC(=O)N(Cc1ccc(NC(=O)CNC(=O)[C@@H](N)C(C)C)cc1)C(C)C. The fourth-order valence-electron chi connectivity index (χ4n) is 2.34. The molecule has 4 N–H and O–H groups in total. The normalized spacial score (nSPS) is 12.0. The molecule has 0 saturated carbocycles. The molecule has 0 saturated heterocycles.